The van der Waals surface area contributed by atoms with E-state index in [2.05, 4.69) is 5.32 Å². The first-order chi connectivity index (χ1) is 9.70. The number of carbonyl (C=O) groups is 2. The van der Waals surface area contributed by atoms with Gasteiger partial charge in [0.25, 0.3) is 0 Å². The largest absolute Gasteiger partial charge is 0.381 e. The maximum absolute atomic E-state index is 12.3. The standard InChI is InChI=1S/C16H19NO3/c18-14-11-16(6-8-20-9-7-16)13(15(19)17-14)10-12-4-2-1-3-5-12/h1-5,13H,6-11H2,(H,17,18,19). The van der Waals surface area contributed by atoms with Crippen molar-refractivity contribution in [1.29, 1.82) is 0 Å². The number of benzene rings is 1. The van der Waals surface area contributed by atoms with Crippen LogP contribution in [-0.4, -0.2) is 25.0 Å². The molecule has 4 nitrogen and oxygen atoms in total. The molecular formula is C16H19NO3. The Balaban J connectivity index is 1.87. The molecule has 2 aliphatic heterocycles. The number of imide groups is 1. The minimum absolute atomic E-state index is 0.119. The van der Waals surface area contributed by atoms with Crippen LogP contribution in [0.2, 0.25) is 0 Å². The summed E-state index contributed by atoms with van der Waals surface area (Å²) in [6.45, 7) is 1.29. The van der Waals surface area contributed by atoms with Gasteiger partial charge in [0.05, 0.1) is 0 Å². The van der Waals surface area contributed by atoms with Crippen LogP contribution in [0.15, 0.2) is 30.3 Å². The fourth-order valence-corrected chi connectivity index (χ4v) is 3.45. The van der Waals surface area contributed by atoms with Crippen LogP contribution in [0.3, 0.4) is 0 Å². The van der Waals surface area contributed by atoms with Crippen LogP contribution in [0, 0.1) is 11.3 Å². The van der Waals surface area contributed by atoms with E-state index in [0.717, 1.165) is 18.4 Å². The maximum Gasteiger partial charge on any atom is 0.230 e. The second-order valence-electron chi connectivity index (χ2n) is 5.81. The van der Waals surface area contributed by atoms with E-state index in [0.29, 0.717) is 26.1 Å². The number of hydrogen-bond acceptors (Lipinski definition) is 3. The first-order valence-electron chi connectivity index (χ1n) is 7.15. The van der Waals surface area contributed by atoms with Gasteiger partial charge in [0.1, 0.15) is 0 Å². The molecule has 106 valence electrons. The summed E-state index contributed by atoms with van der Waals surface area (Å²) < 4.78 is 5.42. The smallest absolute Gasteiger partial charge is 0.230 e. The van der Waals surface area contributed by atoms with Crippen molar-refractivity contribution in [3.05, 3.63) is 35.9 Å². The van der Waals surface area contributed by atoms with E-state index in [1.54, 1.807) is 0 Å². The van der Waals surface area contributed by atoms with E-state index in [4.69, 9.17) is 4.74 Å². The highest BCUT2D eigenvalue weighted by molar-refractivity contribution is 5.99. The van der Waals surface area contributed by atoms with Crippen molar-refractivity contribution in [3.63, 3.8) is 0 Å². The Labute approximate surface area is 118 Å². The third kappa shape index (κ3) is 2.48. The minimum atomic E-state index is -0.215. The Morgan fingerprint density at radius 1 is 1.15 bits per heavy atom. The zero-order chi connectivity index (χ0) is 14.0. The Morgan fingerprint density at radius 3 is 2.55 bits per heavy atom. The Bertz CT molecular complexity index is 506. The number of amides is 2. The zero-order valence-corrected chi connectivity index (χ0v) is 11.4. The van der Waals surface area contributed by atoms with Gasteiger partial charge < -0.3 is 4.74 Å². The number of hydrogen-bond donors (Lipinski definition) is 1. The molecule has 2 amide bonds. The molecular weight excluding hydrogens is 254 g/mol. The summed E-state index contributed by atoms with van der Waals surface area (Å²) in [7, 11) is 0. The highest BCUT2D eigenvalue weighted by atomic mass is 16.5. The van der Waals surface area contributed by atoms with Gasteiger partial charge in [-0.2, -0.15) is 0 Å². The molecule has 0 aliphatic carbocycles. The van der Waals surface area contributed by atoms with Gasteiger partial charge >= 0.3 is 0 Å². The average molecular weight is 273 g/mol. The van der Waals surface area contributed by atoms with Gasteiger partial charge in [0.2, 0.25) is 11.8 Å². The number of carbonyl (C=O) groups excluding carboxylic acids is 2. The van der Waals surface area contributed by atoms with Crippen LogP contribution in [0.4, 0.5) is 0 Å². The molecule has 2 saturated heterocycles. The van der Waals surface area contributed by atoms with Gasteiger partial charge in [-0.05, 0) is 30.2 Å². The quantitative estimate of drug-likeness (QED) is 0.834. The molecule has 2 aliphatic rings. The van der Waals surface area contributed by atoms with E-state index in [1.807, 2.05) is 30.3 Å². The summed E-state index contributed by atoms with van der Waals surface area (Å²) in [4.78, 5) is 24.1. The van der Waals surface area contributed by atoms with Crippen molar-refractivity contribution in [3.8, 4) is 0 Å². The van der Waals surface area contributed by atoms with Crippen molar-refractivity contribution in [2.75, 3.05) is 13.2 Å². The predicted octanol–water partition coefficient (Wildman–Crippen LogP) is 1.69. The molecule has 1 N–H and O–H groups in total. The van der Waals surface area contributed by atoms with Gasteiger partial charge in [-0.15, -0.1) is 0 Å². The van der Waals surface area contributed by atoms with Crippen LogP contribution in [0.25, 0.3) is 0 Å². The third-order valence-electron chi connectivity index (χ3n) is 4.60. The SMILES string of the molecule is O=C1CC2(CCOCC2)C(Cc2ccccc2)C(=O)N1. The minimum Gasteiger partial charge on any atom is -0.381 e. The predicted molar refractivity (Wildman–Crippen MR) is 73.9 cm³/mol. The van der Waals surface area contributed by atoms with Gasteiger partial charge in [-0.3, -0.25) is 14.9 Å². The van der Waals surface area contributed by atoms with Crippen LogP contribution in [0.1, 0.15) is 24.8 Å². The molecule has 4 heteroatoms. The molecule has 0 bridgehead atoms. The molecule has 20 heavy (non-hydrogen) atoms. The van der Waals surface area contributed by atoms with Gasteiger partial charge in [-0.1, -0.05) is 30.3 Å². The summed E-state index contributed by atoms with van der Waals surface area (Å²) in [5.41, 5.74) is 0.931. The Hall–Kier alpha value is -1.68. The summed E-state index contributed by atoms with van der Waals surface area (Å²) in [5, 5.41) is 2.50. The number of nitrogens with one attached hydrogen (secondary N) is 1. The molecule has 0 radical (unpaired) electrons. The highest BCUT2D eigenvalue weighted by Gasteiger charge is 2.48. The molecule has 1 atom stereocenters. The van der Waals surface area contributed by atoms with E-state index in [-0.39, 0.29) is 23.1 Å². The number of piperidine rings is 1. The zero-order valence-electron chi connectivity index (χ0n) is 11.4. The summed E-state index contributed by atoms with van der Waals surface area (Å²) in [6.07, 6.45) is 2.73. The lowest BCUT2D eigenvalue weighted by Gasteiger charge is -2.45. The second-order valence-corrected chi connectivity index (χ2v) is 5.81. The van der Waals surface area contributed by atoms with Gasteiger partial charge in [-0.25, -0.2) is 0 Å². The fraction of sp³-hybridized carbons (Fsp3) is 0.500. The van der Waals surface area contributed by atoms with Crippen molar-refractivity contribution in [1.82, 2.24) is 5.32 Å². The molecule has 0 saturated carbocycles. The lowest BCUT2D eigenvalue weighted by molar-refractivity contribution is -0.148. The Morgan fingerprint density at radius 2 is 1.85 bits per heavy atom. The van der Waals surface area contributed by atoms with E-state index >= 15 is 0 Å². The molecule has 2 heterocycles. The lowest BCUT2D eigenvalue weighted by atomic mass is 9.63. The number of ether oxygens (including phenoxy) is 1. The van der Waals surface area contributed by atoms with Crippen LogP contribution in [0.5, 0.6) is 0 Å². The first kappa shape index (κ1) is 13.3. The first-order valence-corrected chi connectivity index (χ1v) is 7.15. The molecule has 0 aromatic heterocycles. The molecule has 1 aromatic carbocycles. The second kappa shape index (κ2) is 5.37. The van der Waals surface area contributed by atoms with E-state index in [9.17, 15) is 9.59 Å². The third-order valence-corrected chi connectivity index (χ3v) is 4.60. The van der Waals surface area contributed by atoms with E-state index in [1.165, 1.54) is 0 Å². The van der Waals surface area contributed by atoms with Gasteiger partial charge in [0.15, 0.2) is 0 Å². The van der Waals surface area contributed by atoms with Crippen LogP contribution < -0.4 is 5.32 Å². The lowest BCUT2D eigenvalue weighted by Crippen LogP contribution is -2.54. The van der Waals surface area contributed by atoms with Crippen LogP contribution in [-0.2, 0) is 20.7 Å². The van der Waals surface area contributed by atoms with Crippen molar-refractivity contribution in [2.45, 2.75) is 25.7 Å². The molecule has 1 spiro atoms. The van der Waals surface area contributed by atoms with Crippen molar-refractivity contribution >= 4 is 11.8 Å². The topological polar surface area (TPSA) is 55.4 Å². The highest BCUT2D eigenvalue weighted by Crippen LogP contribution is 2.45. The van der Waals surface area contributed by atoms with Crippen molar-refractivity contribution < 1.29 is 14.3 Å². The maximum atomic E-state index is 12.3. The number of rotatable bonds is 2. The molecule has 1 unspecified atom stereocenters. The fourth-order valence-electron chi connectivity index (χ4n) is 3.45. The Kier molecular flexibility index (Phi) is 3.57. The van der Waals surface area contributed by atoms with Gasteiger partial charge in [0, 0.05) is 25.6 Å². The molecule has 3 rings (SSSR count). The monoisotopic (exact) mass is 273 g/mol. The normalized spacial score (nSPS) is 25.5. The van der Waals surface area contributed by atoms with Crippen LogP contribution >= 0.6 is 0 Å². The summed E-state index contributed by atoms with van der Waals surface area (Å²) in [6, 6.07) is 10.0. The average Bonchev–Trinajstić information content (AvgIpc) is 2.45. The molecule has 2 fully saturated rings. The molecule has 1 aromatic rings. The summed E-state index contributed by atoms with van der Waals surface area (Å²) >= 11 is 0. The summed E-state index contributed by atoms with van der Waals surface area (Å²) in [5.74, 6) is -0.389. The van der Waals surface area contributed by atoms with Crippen molar-refractivity contribution in [2.24, 2.45) is 11.3 Å². The van der Waals surface area contributed by atoms with E-state index < -0.39 is 0 Å².